The summed E-state index contributed by atoms with van der Waals surface area (Å²) in [7, 11) is 0. The molecule has 0 unspecified atom stereocenters. The molecule has 0 aliphatic carbocycles. The Bertz CT molecular complexity index is 591. The van der Waals surface area contributed by atoms with E-state index in [9.17, 15) is 0 Å². The van der Waals surface area contributed by atoms with Crippen molar-refractivity contribution < 1.29 is 0 Å². The Labute approximate surface area is 116 Å². The summed E-state index contributed by atoms with van der Waals surface area (Å²) in [4.78, 5) is 4.16. The van der Waals surface area contributed by atoms with Gasteiger partial charge in [0.15, 0.2) is 0 Å². The second-order valence-corrected chi connectivity index (χ2v) is 5.06. The first-order chi connectivity index (χ1) is 8.19. The maximum absolute atomic E-state index is 8.80. The summed E-state index contributed by atoms with van der Waals surface area (Å²) < 4.78 is 1.91. The molecule has 1 N–H and O–H groups in total. The largest absolute Gasteiger partial charge is 0.339 e. The first-order valence-electron chi connectivity index (χ1n) is 4.77. The highest BCUT2D eigenvalue weighted by Crippen LogP contribution is 2.28. The lowest BCUT2D eigenvalue weighted by Crippen LogP contribution is -1.94. The van der Waals surface area contributed by atoms with E-state index in [4.69, 9.17) is 5.26 Å². The van der Waals surface area contributed by atoms with E-state index in [2.05, 4.69) is 48.2 Å². The molecule has 0 aliphatic heterocycles. The van der Waals surface area contributed by atoms with Crippen molar-refractivity contribution in [1.82, 2.24) is 4.98 Å². The second-order valence-electron chi connectivity index (χ2n) is 3.29. The average Bonchev–Trinajstić information content (AvgIpc) is 2.34. The summed E-state index contributed by atoms with van der Waals surface area (Å²) in [5.74, 6) is 0.642. The van der Waals surface area contributed by atoms with Crippen LogP contribution in [-0.2, 0) is 0 Å². The van der Waals surface area contributed by atoms with Crippen LogP contribution in [0.5, 0.6) is 0 Å². The van der Waals surface area contributed by atoms with Crippen LogP contribution in [0.25, 0.3) is 0 Å². The molecule has 0 saturated heterocycles. The van der Waals surface area contributed by atoms with Crippen LogP contribution >= 0.6 is 31.9 Å². The molecule has 0 radical (unpaired) electrons. The topological polar surface area (TPSA) is 48.7 Å². The molecule has 0 amide bonds. The van der Waals surface area contributed by atoms with Crippen molar-refractivity contribution in [1.29, 1.82) is 5.26 Å². The monoisotopic (exact) mass is 351 g/mol. The van der Waals surface area contributed by atoms with Gasteiger partial charge in [-0.05, 0) is 46.3 Å². The zero-order chi connectivity index (χ0) is 12.3. The van der Waals surface area contributed by atoms with Crippen LogP contribution < -0.4 is 5.32 Å². The first kappa shape index (κ1) is 12.1. The predicted octanol–water partition coefficient (Wildman–Crippen LogP) is 4.22. The van der Waals surface area contributed by atoms with Gasteiger partial charge in [0.05, 0.1) is 17.3 Å². The molecule has 0 atom stereocenters. The van der Waals surface area contributed by atoms with Gasteiger partial charge in [-0.3, -0.25) is 0 Å². The van der Waals surface area contributed by atoms with Crippen molar-refractivity contribution in [3.05, 3.63) is 51.0 Å². The number of anilines is 2. The van der Waals surface area contributed by atoms with E-state index in [1.54, 1.807) is 18.3 Å². The molecule has 3 nitrogen and oxygen atoms in total. The molecule has 2 aromatic rings. The molecule has 5 heteroatoms. The predicted molar refractivity (Wildman–Crippen MR) is 74.1 cm³/mol. The van der Waals surface area contributed by atoms with Gasteiger partial charge in [-0.1, -0.05) is 15.9 Å². The van der Waals surface area contributed by atoms with E-state index >= 15 is 0 Å². The molecule has 84 valence electrons. The zero-order valence-electron chi connectivity index (χ0n) is 8.61. The quantitative estimate of drug-likeness (QED) is 0.880. The number of aromatic nitrogens is 1. The third-order valence-electron chi connectivity index (χ3n) is 2.08. The van der Waals surface area contributed by atoms with E-state index < -0.39 is 0 Å². The van der Waals surface area contributed by atoms with Crippen LogP contribution in [0.2, 0.25) is 0 Å². The molecule has 1 aromatic heterocycles. The summed E-state index contributed by atoms with van der Waals surface area (Å²) in [6.07, 6.45) is 1.60. The molecule has 0 fully saturated rings. The van der Waals surface area contributed by atoms with E-state index in [0.29, 0.717) is 11.4 Å². The molecular weight excluding hydrogens is 346 g/mol. The number of nitriles is 1. The van der Waals surface area contributed by atoms with Crippen LogP contribution in [0, 0.1) is 11.3 Å². The summed E-state index contributed by atoms with van der Waals surface area (Å²) in [5.41, 5.74) is 1.47. The highest BCUT2D eigenvalue weighted by Gasteiger charge is 2.02. The van der Waals surface area contributed by atoms with Crippen molar-refractivity contribution in [2.45, 2.75) is 0 Å². The van der Waals surface area contributed by atoms with E-state index in [-0.39, 0.29) is 0 Å². The van der Waals surface area contributed by atoms with Crippen LogP contribution in [0.3, 0.4) is 0 Å². The molecular formula is C12H7Br2N3. The molecule has 2 rings (SSSR count). The lowest BCUT2D eigenvalue weighted by atomic mass is 10.3. The van der Waals surface area contributed by atoms with Gasteiger partial charge in [-0.2, -0.15) is 5.26 Å². The van der Waals surface area contributed by atoms with Gasteiger partial charge in [-0.25, -0.2) is 4.98 Å². The zero-order valence-corrected chi connectivity index (χ0v) is 11.8. The lowest BCUT2D eigenvalue weighted by molar-refractivity contribution is 1.29. The summed E-state index contributed by atoms with van der Waals surface area (Å²) in [5, 5.41) is 12.0. The van der Waals surface area contributed by atoms with Crippen LogP contribution in [0.1, 0.15) is 5.56 Å². The number of hydrogen-bond acceptors (Lipinski definition) is 3. The summed E-state index contributed by atoms with van der Waals surface area (Å²) in [6, 6.07) is 11.3. The number of pyridine rings is 1. The number of halogens is 2. The van der Waals surface area contributed by atoms with Crippen molar-refractivity contribution in [3.8, 4) is 6.07 Å². The lowest BCUT2D eigenvalue weighted by Gasteiger charge is -2.08. The Hall–Kier alpha value is -1.38. The summed E-state index contributed by atoms with van der Waals surface area (Å²) in [6.45, 7) is 0. The molecule has 0 saturated carbocycles. The number of hydrogen-bond donors (Lipinski definition) is 1. The number of nitrogens with zero attached hydrogens (tertiary/aromatic N) is 2. The third-order valence-corrected chi connectivity index (χ3v) is 3.26. The van der Waals surface area contributed by atoms with Crippen LogP contribution in [-0.4, -0.2) is 4.98 Å². The van der Waals surface area contributed by atoms with Gasteiger partial charge < -0.3 is 5.32 Å². The Morgan fingerprint density at radius 2 is 2.00 bits per heavy atom. The van der Waals surface area contributed by atoms with Crippen molar-refractivity contribution in [2.75, 3.05) is 5.32 Å². The minimum Gasteiger partial charge on any atom is -0.339 e. The van der Waals surface area contributed by atoms with Gasteiger partial charge in [0, 0.05) is 15.1 Å². The average molecular weight is 353 g/mol. The van der Waals surface area contributed by atoms with Gasteiger partial charge in [0.1, 0.15) is 5.82 Å². The smallest absolute Gasteiger partial charge is 0.131 e. The molecule has 0 spiro atoms. The minimum absolute atomic E-state index is 0.577. The Morgan fingerprint density at radius 3 is 2.76 bits per heavy atom. The molecule has 0 aliphatic rings. The fourth-order valence-corrected chi connectivity index (χ4v) is 2.01. The fourth-order valence-electron chi connectivity index (χ4n) is 1.30. The van der Waals surface area contributed by atoms with Gasteiger partial charge in [0.25, 0.3) is 0 Å². The second kappa shape index (κ2) is 5.30. The SMILES string of the molecule is N#Cc1ccnc(Nc2cc(Br)ccc2Br)c1. The van der Waals surface area contributed by atoms with Crippen molar-refractivity contribution in [3.63, 3.8) is 0 Å². The van der Waals surface area contributed by atoms with Gasteiger partial charge in [-0.15, -0.1) is 0 Å². The van der Waals surface area contributed by atoms with Crippen LogP contribution in [0.4, 0.5) is 11.5 Å². The van der Waals surface area contributed by atoms with E-state index in [0.717, 1.165) is 14.6 Å². The first-order valence-corrected chi connectivity index (χ1v) is 6.36. The Kier molecular flexibility index (Phi) is 3.77. The van der Waals surface area contributed by atoms with Gasteiger partial charge in [0.2, 0.25) is 0 Å². The van der Waals surface area contributed by atoms with Crippen LogP contribution in [0.15, 0.2) is 45.5 Å². The Balaban J connectivity index is 2.31. The Morgan fingerprint density at radius 1 is 1.18 bits per heavy atom. The summed E-state index contributed by atoms with van der Waals surface area (Å²) >= 11 is 6.85. The van der Waals surface area contributed by atoms with Crippen molar-refractivity contribution >= 4 is 43.4 Å². The number of rotatable bonds is 2. The van der Waals surface area contributed by atoms with Gasteiger partial charge >= 0.3 is 0 Å². The molecule has 1 heterocycles. The van der Waals surface area contributed by atoms with E-state index in [1.807, 2.05) is 18.2 Å². The number of benzene rings is 1. The highest BCUT2D eigenvalue weighted by molar-refractivity contribution is 9.11. The third kappa shape index (κ3) is 3.05. The molecule has 17 heavy (non-hydrogen) atoms. The maximum Gasteiger partial charge on any atom is 0.131 e. The fraction of sp³-hybridized carbons (Fsp3) is 0. The normalized spacial score (nSPS) is 9.71. The minimum atomic E-state index is 0.577. The number of nitrogens with one attached hydrogen (secondary N) is 1. The van der Waals surface area contributed by atoms with Crippen molar-refractivity contribution in [2.24, 2.45) is 0 Å². The highest BCUT2D eigenvalue weighted by atomic mass is 79.9. The van der Waals surface area contributed by atoms with E-state index in [1.165, 1.54) is 0 Å². The standard InChI is InChI=1S/C12H7Br2N3/c13-9-1-2-10(14)11(6-9)17-12-5-8(7-15)3-4-16-12/h1-6H,(H,16,17). The molecule has 0 bridgehead atoms. The maximum atomic E-state index is 8.80. The molecule has 1 aromatic carbocycles.